The largest absolute Gasteiger partial charge is 0.481 e. The van der Waals surface area contributed by atoms with E-state index in [1.54, 1.807) is 30.3 Å². The monoisotopic (exact) mass is 247 g/mol. The molecule has 0 saturated carbocycles. The Hall–Kier alpha value is -2.30. The Bertz CT molecular complexity index is 498. The van der Waals surface area contributed by atoms with E-state index in [1.165, 1.54) is 4.90 Å². The molecule has 0 bridgehead atoms. The maximum Gasteiger partial charge on any atom is 0.307 e. The van der Waals surface area contributed by atoms with Crippen LogP contribution in [0, 0.1) is 0 Å². The van der Waals surface area contributed by atoms with Gasteiger partial charge in [-0.25, -0.2) is 0 Å². The number of anilines is 1. The molecule has 0 aromatic heterocycles. The van der Waals surface area contributed by atoms with Crippen molar-refractivity contribution in [2.75, 3.05) is 11.4 Å². The van der Waals surface area contributed by atoms with Crippen molar-refractivity contribution in [3.8, 4) is 5.75 Å². The summed E-state index contributed by atoms with van der Waals surface area (Å²) >= 11 is 0. The summed E-state index contributed by atoms with van der Waals surface area (Å²) in [6.07, 6.45) is 0.274. The van der Waals surface area contributed by atoms with Gasteiger partial charge in [-0.2, -0.15) is 0 Å². The van der Waals surface area contributed by atoms with Gasteiger partial charge >= 0.3 is 5.97 Å². The lowest BCUT2D eigenvalue weighted by atomic mass is 10.1. The second-order valence-corrected chi connectivity index (χ2v) is 3.91. The lowest BCUT2D eigenvalue weighted by Gasteiger charge is -2.33. The Kier molecular flexibility index (Phi) is 3.32. The summed E-state index contributed by atoms with van der Waals surface area (Å²) in [4.78, 5) is 24.3. The van der Waals surface area contributed by atoms with Gasteiger partial charge in [-0.3, -0.25) is 9.59 Å². The summed E-state index contributed by atoms with van der Waals surface area (Å²) in [5.41, 5.74) is 0.643. The number of hydrogen-bond donors (Lipinski definition) is 1. The Morgan fingerprint density at radius 3 is 2.89 bits per heavy atom. The van der Waals surface area contributed by atoms with E-state index in [-0.39, 0.29) is 12.3 Å². The molecule has 18 heavy (non-hydrogen) atoms. The molecule has 1 unspecified atom stereocenters. The zero-order valence-electron chi connectivity index (χ0n) is 9.70. The fourth-order valence-corrected chi connectivity index (χ4v) is 1.88. The fraction of sp³-hybridized carbons (Fsp3) is 0.231. The standard InChI is InChI=1S/C13H13NO4/c1-2-7-14-9-5-3-4-6-10(9)18-11(13(14)17)8-12(15)16/h2-6,11H,1,7-8H2,(H,15,16). The molecule has 1 aromatic rings. The number of benzene rings is 1. The average Bonchev–Trinajstić information content (AvgIpc) is 2.34. The fourth-order valence-electron chi connectivity index (χ4n) is 1.88. The van der Waals surface area contributed by atoms with Crippen LogP contribution in [-0.4, -0.2) is 29.6 Å². The van der Waals surface area contributed by atoms with Crippen molar-refractivity contribution in [3.63, 3.8) is 0 Å². The van der Waals surface area contributed by atoms with Crippen LogP contribution in [0.15, 0.2) is 36.9 Å². The van der Waals surface area contributed by atoms with Gasteiger partial charge in [0.25, 0.3) is 5.91 Å². The van der Waals surface area contributed by atoms with E-state index in [0.717, 1.165) is 0 Å². The molecule has 0 aliphatic carbocycles. The summed E-state index contributed by atoms with van der Waals surface area (Å²) in [7, 11) is 0. The molecule has 1 amide bonds. The maximum atomic E-state index is 12.1. The molecule has 1 aromatic carbocycles. The summed E-state index contributed by atoms with van der Waals surface area (Å²) in [6.45, 7) is 3.93. The second kappa shape index (κ2) is 4.91. The number of fused-ring (bicyclic) bond motifs is 1. The van der Waals surface area contributed by atoms with Crippen molar-refractivity contribution < 1.29 is 19.4 Å². The van der Waals surface area contributed by atoms with Gasteiger partial charge in [0.15, 0.2) is 6.10 Å². The Morgan fingerprint density at radius 2 is 2.22 bits per heavy atom. The summed E-state index contributed by atoms with van der Waals surface area (Å²) in [6, 6.07) is 7.04. The van der Waals surface area contributed by atoms with Gasteiger partial charge in [0.1, 0.15) is 5.75 Å². The molecule has 0 spiro atoms. The number of aliphatic carboxylic acids is 1. The van der Waals surface area contributed by atoms with Gasteiger partial charge in [0, 0.05) is 6.54 Å². The lowest BCUT2D eigenvalue weighted by Crippen LogP contribution is -2.46. The zero-order valence-corrected chi connectivity index (χ0v) is 9.70. The summed E-state index contributed by atoms with van der Waals surface area (Å²) in [5.74, 6) is -0.896. The minimum absolute atomic E-state index is 0.329. The number of carbonyl (C=O) groups excluding carboxylic acids is 1. The summed E-state index contributed by atoms with van der Waals surface area (Å²) in [5, 5.41) is 8.78. The van der Waals surface area contributed by atoms with Gasteiger partial charge in [0.05, 0.1) is 12.1 Å². The molecule has 1 N–H and O–H groups in total. The summed E-state index contributed by atoms with van der Waals surface area (Å²) < 4.78 is 5.43. The first kappa shape index (κ1) is 12.2. The van der Waals surface area contributed by atoms with E-state index in [1.807, 2.05) is 0 Å². The second-order valence-electron chi connectivity index (χ2n) is 3.91. The normalized spacial score (nSPS) is 17.9. The van der Waals surface area contributed by atoms with Crippen LogP contribution in [0.1, 0.15) is 6.42 Å². The number of carbonyl (C=O) groups is 2. The molecule has 0 saturated heterocycles. The minimum Gasteiger partial charge on any atom is -0.481 e. The molecule has 1 aliphatic heterocycles. The van der Waals surface area contributed by atoms with Crippen molar-refractivity contribution >= 4 is 17.6 Å². The average molecular weight is 247 g/mol. The van der Waals surface area contributed by atoms with Crippen molar-refractivity contribution in [3.05, 3.63) is 36.9 Å². The van der Waals surface area contributed by atoms with Crippen LogP contribution in [-0.2, 0) is 9.59 Å². The van der Waals surface area contributed by atoms with Crippen LogP contribution < -0.4 is 9.64 Å². The van der Waals surface area contributed by atoms with Gasteiger partial charge < -0.3 is 14.7 Å². The van der Waals surface area contributed by atoms with Gasteiger partial charge in [0.2, 0.25) is 0 Å². The first-order chi connectivity index (χ1) is 8.63. The highest BCUT2D eigenvalue weighted by Gasteiger charge is 2.34. The van der Waals surface area contributed by atoms with Crippen molar-refractivity contribution in [1.29, 1.82) is 0 Å². The topological polar surface area (TPSA) is 66.8 Å². The molecule has 94 valence electrons. The van der Waals surface area contributed by atoms with Crippen molar-refractivity contribution in [1.82, 2.24) is 0 Å². The van der Waals surface area contributed by atoms with E-state index in [9.17, 15) is 9.59 Å². The van der Waals surface area contributed by atoms with Crippen LogP contribution in [0.3, 0.4) is 0 Å². The molecule has 1 aliphatic rings. The Balaban J connectivity index is 2.36. The van der Waals surface area contributed by atoms with Gasteiger partial charge in [-0.05, 0) is 12.1 Å². The maximum absolute atomic E-state index is 12.1. The van der Waals surface area contributed by atoms with E-state index in [0.29, 0.717) is 18.0 Å². The molecule has 5 heteroatoms. The third-order valence-corrected chi connectivity index (χ3v) is 2.64. The van der Waals surface area contributed by atoms with Gasteiger partial charge in [-0.15, -0.1) is 6.58 Å². The predicted octanol–water partition coefficient (Wildman–Crippen LogP) is 1.44. The Morgan fingerprint density at radius 1 is 1.50 bits per heavy atom. The van der Waals surface area contributed by atoms with Crippen LogP contribution in [0.5, 0.6) is 5.75 Å². The highest BCUT2D eigenvalue weighted by molar-refractivity contribution is 6.01. The highest BCUT2D eigenvalue weighted by Crippen LogP contribution is 2.34. The molecule has 1 heterocycles. The van der Waals surface area contributed by atoms with Crippen LogP contribution in [0.4, 0.5) is 5.69 Å². The van der Waals surface area contributed by atoms with Crippen LogP contribution >= 0.6 is 0 Å². The first-order valence-electron chi connectivity index (χ1n) is 5.53. The van der Waals surface area contributed by atoms with E-state index >= 15 is 0 Å². The minimum atomic E-state index is -1.06. The molecule has 0 radical (unpaired) electrons. The van der Waals surface area contributed by atoms with E-state index in [2.05, 4.69) is 6.58 Å². The number of ether oxygens (including phenoxy) is 1. The quantitative estimate of drug-likeness (QED) is 0.817. The van der Waals surface area contributed by atoms with Gasteiger partial charge in [-0.1, -0.05) is 18.2 Å². The number of para-hydroxylation sites is 2. The number of carboxylic acid groups (broad SMARTS) is 1. The number of amides is 1. The predicted molar refractivity (Wildman–Crippen MR) is 65.7 cm³/mol. The zero-order chi connectivity index (χ0) is 13.1. The molecule has 0 fully saturated rings. The number of hydrogen-bond acceptors (Lipinski definition) is 3. The van der Waals surface area contributed by atoms with Crippen LogP contribution in [0.2, 0.25) is 0 Å². The highest BCUT2D eigenvalue weighted by atomic mass is 16.5. The molecular weight excluding hydrogens is 234 g/mol. The number of nitrogens with zero attached hydrogens (tertiary/aromatic N) is 1. The van der Waals surface area contributed by atoms with E-state index < -0.39 is 12.1 Å². The number of rotatable bonds is 4. The molecule has 5 nitrogen and oxygen atoms in total. The molecular formula is C13H13NO4. The third kappa shape index (κ3) is 2.20. The lowest BCUT2D eigenvalue weighted by molar-refractivity contribution is -0.142. The SMILES string of the molecule is C=CCN1C(=O)C(CC(=O)O)Oc2ccccc21. The smallest absolute Gasteiger partial charge is 0.307 e. The Labute approximate surface area is 104 Å². The first-order valence-corrected chi connectivity index (χ1v) is 5.53. The van der Waals surface area contributed by atoms with Crippen molar-refractivity contribution in [2.45, 2.75) is 12.5 Å². The molecule has 1 atom stereocenters. The third-order valence-electron chi connectivity index (χ3n) is 2.64. The molecule has 2 rings (SSSR count). The van der Waals surface area contributed by atoms with Crippen LogP contribution in [0.25, 0.3) is 0 Å². The van der Waals surface area contributed by atoms with E-state index in [4.69, 9.17) is 9.84 Å². The van der Waals surface area contributed by atoms with Crippen molar-refractivity contribution in [2.24, 2.45) is 0 Å². The number of carboxylic acids is 1.